The van der Waals surface area contributed by atoms with Gasteiger partial charge in [-0.2, -0.15) is 0 Å². The monoisotopic (exact) mass is 269 g/mol. The van der Waals surface area contributed by atoms with Crippen molar-refractivity contribution in [1.82, 2.24) is 9.88 Å². The number of hydrogen-bond acceptors (Lipinski definition) is 2. The molecule has 0 aromatic carbocycles. The predicted molar refractivity (Wildman–Crippen MR) is 72.9 cm³/mol. The Morgan fingerprint density at radius 2 is 2.39 bits per heavy atom. The SMILES string of the molecule is CCCC(CN)NC(=O)c1cc(Cl)cn1C1CC1. The van der Waals surface area contributed by atoms with E-state index in [1.807, 2.05) is 10.8 Å². The van der Waals surface area contributed by atoms with E-state index >= 15 is 0 Å². The number of nitrogens with two attached hydrogens (primary N) is 1. The van der Waals surface area contributed by atoms with E-state index in [0.717, 1.165) is 25.7 Å². The van der Waals surface area contributed by atoms with E-state index < -0.39 is 0 Å². The minimum atomic E-state index is -0.0716. The number of aromatic nitrogens is 1. The van der Waals surface area contributed by atoms with Crippen LogP contribution in [-0.2, 0) is 0 Å². The molecule has 4 nitrogen and oxygen atoms in total. The molecule has 1 atom stereocenters. The first kappa shape index (κ1) is 13.4. The van der Waals surface area contributed by atoms with Crippen LogP contribution in [0.1, 0.15) is 49.1 Å². The molecule has 1 aliphatic rings. The maximum absolute atomic E-state index is 12.2. The number of amides is 1. The lowest BCUT2D eigenvalue weighted by Gasteiger charge is -2.16. The van der Waals surface area contributed by atoms with Crippen LogP contribution in [0.3, 0.4) is 0 Å². The van der Waals surface area contributed by atoms with Gasteiger partial charge in [0.2, 0.25) is 0 Å². The van der Waals surface area contributed by atoms with Crippen LogP contribution in [0.25, 0.3) is 0 Å². The Hall–Kier alpha value is -1.00. The van der Waals surface area contributed by atoms with Crippen molar-refractivity contribution < 1.29 is 4.79 Å². The molecule has 3 N–H and O–H groups in total. The molecule has 1 amide bonds. The number of halogens is 1. The third-order valence-electron chi connectivity index (χ3n) is 3.24. The lowest BCUT2D eigenvalue weighted by Crippen LogP contribution is -2.40. The van der Waals surface area contributed by atoms with Gasteiger partial charge in [-0.05, 0) is 25.3 Å². The summed E-state index contributed by atoms with van der Waals surface area (Å²) in [5.74, 6) is -0.0716. The predicted octanol–water partition coefficient (Wildman–Crippen LogP) is 2.33. The van der Waals surface area contributed by atoms with Crippen LogP contribution >= 0.6 is 11.6 Å². The molecule has 0 bridgehead atoms. The second-order valence-electron chi connectivity index (χ2n) is 4.88. The molecule has 0 radical (unpaired) electrons. The number of carbonyl (C=O) groups excluding carboxylic acids is 1. The van der Waals surface area contributed by atoms with Crippen LogP contribution in [0.4, 0.5) is 0 Å². The highest BCUT2D eigenvalue weighted by molar-refractivity contribution is 6.31. The average molecular weight is 270 g/mol. The summed E-state index contributed by atoms with van der Waals surface area (Å²) in [6.07, 6.45) is 6.00. The van der Waals surface area contributed by atoms with Gasteiger partial charge in [-0.15, -0.1) is 0 Å². The van der Waals surface area contributed by atoms with Crippen LogP contribution < -0.4 is 11.1 Å². The van der Waals surface area contributed by atoms with E-state index in [1.165, 1.54) is 0 Å². The van der Waals surface area contributed by atoms with E-state index in [1.54, 1.807) is 6.07 Å². The van der Waals surface area contributed by atoms with Crippen molar-refractivity contribution in [3.05, 3.63) is 23.0 Å². The number of nitrogens with zero attached hydrogens (tertiary/aromatic N) is 1. The first-order valence-corrected chi connectivity index (χ1v) is 6.91. The van der Waals surface area contributed by atoms with Crippen molar-refractivity contribution in [3.8, 4) is 0 Å². The van der Waals surface area contributed by atoms with Gasteiger partial charge in [0.15, 0.2) is 0 Å². The van der Waals surface area contributed by atoms with E-state index in [0.29, 0.717) is 23.3 Å². The number of hydrogen-bond donors (Lipinski definition) is 2. The summed E-state index contributed by atoms with van der Waals surface area (Å²) < 4.78 is 1.98. The first-order valence-electron chi connectivity index (χ1n) is 6.54. The highest BCUT2D eigenvalue weighted by Crippen LogP contribution is 2.37. The minimum Gasteiger partial charge on any atom is -0.347 e. The molecule has 100 valence electrons. The van der Waals surface area contributed by atoms with Crippen molar-refractivity contribution >= 4 is 17.5 Å². The molecule has 1 aromatic rings. The molecule has 1 aliphatic carbocycles. The molecule has 5 heteroatoms. The van der Waals surface area contributed by atoms with Gasteiger partial charge in [0.25, 0.3) is 5.91 Å². The average Bonchev–Trinajstić information content (AvgIpc) is 3.11. The molecule has 0 saturated heterocycles. The fraction of sp³-hybridized carbons (Fsp3) is 0.615. The quantitative estimate of drug-likeness (QED) is 0.833. The van der Waals surface area contributed by atoms with Gasteiger partial charge in [-0.1, -0.05) is 24.9 Å². The molecule has 1 unspecified atom stereocenters. The first-order chi connectivity index (χ1) is 8.65. The van der Waals surface area contributed by atoms with Gasteiger partial charge >= 0.3 is 0 Å². The molecule has 1 heterocycles. The zero-order valence-corrected chi connectivity index (χ0v) is 11.4. The third kappa shape index (κ3) is 3.06. The maximum atomic E-state index is 12.2. The fourth-order valence-corrected chi connectivity index (χ4v) is 2.35. The summed E-state index contributed by atoms with van der Waals surface area (Å²) >= 11 is 5.99. The second-order valence-corrected chi connectivity index (χ2v) is 5.31. The van der Waals surface area contributed by atoms with Gasteiger partial charge in [0.1, 0.15) is 5.69 Å². The van der Waals surface area contributed by atoms with Gasteiger partial charge in [-0.25, -0.2) is 0 Å². The fourth-order valence-electron chi connectivity index (χ4n) is 2.14. The van der Waals surface area contributed by atoms with Gasteiger partial charge in [0, 0.05) is 24.8 Å². The zero-order chi connectivity index (χ0) is 13.1. The summed E-state index contributed by atoms with van der Waals surface area (Å²) in [6.45, 7) is 2.55. The molecule has 18 heavy (non-hydrogen) atoms. The summed E-state index contributed by atoms with van der Waals surface area (Å²) in [5, 5.41) is 3.59. The molecule has 1 fully saturated rings. The van der Waals surface area contributed by atoms with E-state index in [-0.39, 0.29) is 11.9 Å². The Balaban J connectivity index is 2.08. The highest BCUT2D eigenvalue weighted by Gasteiger charge is 2.28. The Kier molecular flexibility index (Phi) is 4.30. The van der Waals surface area contributed by atoms with Crippen molar-refractivity contribution in [3.63, 3.8) is 0 Å². The summed E-state index contributed by atoms with van der Waals surface area (Å²) in [5.41, 5.74) is 6.30. The van der Waals surface area contributed by atoms with Crippen LogP contribution in [0.15, 0.2) is 12.3 Å². The minimum absolute atomic E-state index is 0.0452. The van der Waals surface area contributed by atoms with E-state index in [2.05, 4.69) is 12.2 Å². The highest BCUT2D eigenvalue weighted by atomic mass is 35.5. The Bertz CT molecular complexity index is 426. The van der Waals surface area contributed by atoms with Crippen molar-refractivity contribution in [2.75, 3.05) is 6.54 Å². The lowest BCUT2D eigenvalue weighted by atomic mass is 10.1. The third-order valence-corrected chi connectivity index (χ3v) is 3.45. The largest absolute Gasteiger partial charge is 0.347 e. The summed E-state index contributed by atoms with van der Waals surface area (Å²) in [4.78, 5) is 12.2. The lowest BCUT2D eigenvalue weighted by molar-refractivity contribution is 0.0926. The number of nitrogens with one attached hydrogen (secondary N) is 1. The standard InChI is InChI=1S/C13H20ClN3O/c1-2-3-10(7-15)16-13(18)12-6-9(14)8-17(12)11-4-5-11/h6,8,10-11H,2-5,7,15H2,1H3,(H,16,18). The molecule has 1 saturated carbocycles. The van der Waals surface area contributed by atoms with Crippen LogP contribution in [-0.4, -0.2) is 23.1 Å². The van der Waals surface area contributed by atoms with Gasteiger partial charge < -0.3 is 15.6 Å². The number of rotatable bonds is 6. The molecule has 0 spiro atoms. The summed E-state index contributed by atoms with van der Waals surface area (Å²) in [6, 6.07) is 2.22. The molecule has 0 aliphatic heterocycles. The van der Waals surface area contributed by atoms with Crippen LogP contribution in [0.5, 0.6) is 0 Å². The molecule has 2 rings (SSSR count). The second kappa shape index (κ2) is 5.76. The Morgan fingerprint density at radius 3 is 2.94 bits per heavy atom. The molecular formula is C13H20ClN3O. The van der Waals surface area contributed by atoms with Gasteiger partial charge in [-0.3, -0.25) is 4.79 Å². The summed E-state index contributed by atoms with van der Waals surface area (Å²) in [7, 11) is 0. The van der Waals surface area contributed by atoms with Crippen LogP contribution in [0.2, 0.25) is 5.02 Å². The Labute approximate surface area is 112 Å². The maximum Gasteiger partial charge on any atom is 0.268 e. The van der Waals surface area contributed by atoms with Gasteiger partial charge in [0.05, 0.1) is 5.02 Å². The molecular weight excluding hydrogens is 250 g/mol. The zero-order valence-electron chi connectivity index (χ0n) is 10.7. The van der Waals surface area contributed by atoms with Crippen molar-refractivity contribution in [1.29, 1.82) is 0 Å². The topological polar surface area (TPSA) is 60.0 Å². The van der Waals surface area contributed by atoms with E-state index in [9.17, 15) is 4.79 Å². The molecule has 1 aromatic heterocycles. The normalized spacial score (nSPS) is 16.6. The van der Waals surface area contributed by atoms with Crippen LogP contribution in [0, 0.1) is 0 Å². The number of carbonyl (C=O) groups is 1. The van der Waals surface area contributed by atoms with Crippen molar-refractivity contribution in [2.24, 2.45) is 5.73 Å². The van der Waals surface area contributed by atoms with Crippen molar-refractivity contribution in [2.45, 2.75) is 44.7 Å². The smallest absolute Gasteiger partial charge is 0.268 e. The van der Waals surface area contributed by atoms with E-state index in [4.69, 9.17) is 17.3 Å². The Morgan fingerprint density at radius 1 is 1.67 bits per heavy atom.